The fourth-order valence-corrected chi connectivity index (χ4v) is 1.94. The van der Waals surface area contributed by atoms with Crippen molar-refractivity contribution in [2.24, 2.45) is 0 Å². The average Bonchev–Trinajstić information content (AvgIpc) is 2.76. The van der Waals surface area contributed by atoms with Gasteiger partial charge in [0.25, 0.3) is 0 Å². The van der Waals surface area contributed by atoms with Crippen LogP contribution in [0.1, 0.15) is 24.7 Å². The molecule has 0 bridgehead atoms. The van der Waals surface area contributed by atoms with Crippen LogP contribution >= 0.6 is 11.6 Å². The Morgan fingerprint density at radius 2 is 2.30 bits per heavy atom. The number of halogens is 2. The number of nitrogens with zero attached hydrogens (tertiary/aromatic N) is 2. The molecule has 0 saturated carbocycles. The van der Waals surface area contributed by atoms with Gasteiger partial charge in [0.15, 0.2) is 5.82 Å². The van der Waals surface area contributed by atoms with Gasteiger partial charge in [-0.3, -0.25) is 4.52 Å². The number of aromatic nitrogens is 2. The summed E-state index contributed by atoms with van der Waals surface area (Å²) in [5.41, 5.74) is 0.270. The molecule has 0 aliphatic carbocycles. The fraction of sp³-hybridized carbons (Fsp3) is 0.385. The monoisotopic (exact) mass is 300 g/mol. The van der Waals surface area contributed by atoms with E-state index < -0.39 is 11.6 Å². The lowest BCUT2D eigenvalue weighted by atomic mass is 10.1. The number of ether oxygens (including phenoxy) is 1. The van der Waals surface area contributed by atoms with Crippen molar-refractivity contribution in [1.29, 1.82) is 0 Å². The molecule has 0 aliphatic heterocycles. The van der Waals surface area contributed by atoms with E-state index in [0.29, 0.717) is 6.61 Å². The highest BCUT2D eigenvalue weighted by Gasteiger charge is 2.15. The van der Waals surface area contributed by atoms with Crippen LogP contribution in [0.5, 0.6) is 0 Å². The van der Waals surface area contributed by atoms with Crippen LogP contribution in [0.15, 0.2) is 27.5 Å². The van der Waals surface area contributed by atoms with Crippen molar-refractivity contribution in [3.05, 3.63) is 51.0 Å². The molecule has 1 heterocycles. The van der Waals surface area contributed by atoms with Crippen molar-refractivity contribution in [2.75, 3.05) is 6.61 Å². The molecule has 1 aromatic carbocycles. The number of benzene rings is 1. The minimum Gasteiger partial charge on any atom is -0.360 e. The normalized spacial score (nSPS) is 10.9. The number of hydrogen-bond donors (Lipinski definition) is 0. The highest BCUT2D eigenvalue weighted by molar-refractivity contribution is 6.31. The van der Waals surface area contributed by atoms with Crippen molar-refractivity contribution in [2.45, 2.75) is 26.5 Å². The average molecular weight is 301 g/mol. The maximum absolute atomic E-state index is 13.7. The second kappa shape index (κ2) is 6.67. The lowest BCUT2D eigenvalue weighted by Crippen LogP contribution is -2.19. The molecule has 0 aliphatic rings. The first kappa shape index (κ1) is 14.7. The van der Waals surface area contributed by atoms with E-state index in [9.17, 15) is 9.18 Å². The van der Waals surface area contributed by atoms with Gasteiger partial charge in [0.2, 0.25) is 0 Å². The quantitative estimate of drug-likeness (QED) is 0.770. The first-order valence-corrected chi connectivity index (χ1v) is 6.57. The van der Waals surface area contributed by atoms with E-state index in [1.54, 1.807) is 6.07 Å². The van der Waals surface area contributed by atoms with Crippen LogP contribution in [0.25, 0.3) is 0 Å². The van der Waals surface area contributed by atoms with E-state index in [4.69, 9.17) is 16.3 Å². The molecular weight excluding hydrogens is 287 g/mol. The first-order valence-electron chi connectivity index (χ1n) is 6.19. The van der Waals surface area contributed by atoms with Gasteiger partial charge in [-0.2, -0.15) is 0 Å². The van der Waals surface area contributed by atoms with E-state index >= 15 is 0 Å². The number of rotatable bonds is 6. The second-order valence-corrected chi connectivity index (χ2v) is 4.61. The summed E-state index contributed by atoms with van der Waals surface area (Å²) in [5, 5.41) is 3.92. The predicted molar refractivity (Wildman–Crippen MR) is 71.2 cm³/mol. The molecule has 0 amide bonds. The highest BCUT2D eigenvalue weighted by atomic mass is 35.5. The van der Waals surface area contributed by atoms with Gasteiger partial charge in [-0.25, -0.2) is 13.8 Å². The molecule has 5 nitrogen and oxygen atoms in total. The van der Waals surface area contributed by atoms with Gasteiger partial charge in [-0.15, -0.1) is 0 Å². The van der Waals surface area contributed by atoms with Gasteiger partial charge in [0.1, 0.15) is 12.5 Å². The van der Waals surface area contributed by atoms with Crippen LogP contribution in [0.4, 0.5) is 4.39 Å². The smallest absolute Gasteiger partial charge is 0.360 e. The van der Waals surface area contributed by atoms with Crippen LogP contribution in [0, 0.1) is 5.82 Å². The third-order valence-electron chi connectivity index (χ3n) is 2.73. The first-order chi connectivity index (χ1) is 9.63. The van der Waals surface area contributed by atoms with Crippen molar-refractivity contribution in [3.8, 4) is 0 Å². The fourth-order valence-electron chi connectivity index (χ4n) is 1.71. The molecule has 0 radical (unpaired) electrons. The molecule has 0 spiro atoms. The van der Waals surface area contributed by atoms with Crippen LogP contribution < -0.4 is 5.76 Å². The molecule has 2 aromatic rings. The Bertz CT molecular complexity index is 619. The van der Waals surface area contributed by atoms with E-state index in [-0.39, 0.29) is 29.6 Å². The summed E-state index contributed by atoms with van der Waals surface area (Å²) >= 11 is 5.95. The summed E-state index contributed by atoms with van der Waals surface area (Å²) in [7, 11) is 0. The van der Waals surface area contributed by atoms with E-state index in [0.717, 1.165) is 6.42 Å². The molecule has 108 valence electrons. The maximum Gasteiger partial charge on any atom is 0.443 e. The van der Waals surface area contributed by atoms with Crippen molar-refractivity contribution in [1.82, 2.24) is 9.72 Å². The summed E-state index contributed by atoms with van der Waals surface area (Å²) in [5.74, 6) is -0.810. The molecule has 20 heavy (non-hydrogen) atoms. The Balaban J connectivity index is 2.23. The molecule has 0 N–H and O–H groups in total. The molecule has 0 saturated heterocycles. The zero-order chi connectivity index (χ0) is 14.5. The highest BCUT2D eigenvalue weighted by Crippen LogP contribution is 2.21. The Hall–Kier alpha value is -1.66. The SMILES string of the molecule is CCCOCn1c(Cc2c(F)cccc2Cl)noc1=O. The third kappa shape index (κ3) is 3.26. The predicted octanol–water partition coefficient (Wildman–Crippen LogP) is 2.60. The maximum atomic E-state index is 13.7. The van der Waals surface area contributed by atoms with Crippen LogP contribution in [0.3, 0.4) is 0 Å². The van der Waals surface area contributed by atoms with Gasteiger partial charge in [0, 0.05) is 23.6 Å². The lowest BCUT2D eigenvalue weighted by molar-refractivity contribution is 0.0715. The van der Waals surface area contributed by atoms with Crippen LogP contribution in [-0.4, -0.2) is 16.3 Å². The van der Waals surface area contributed by atoms with Gasteiger partial charge in [0.05, 0.1) is 0 Å². The zero-order valence-electron chi connectivity index (χ0n) is 10.9. The molecule has 0 fully saturated rings. The largest absolute Gasteiger partial charge is 0.443 e. The van der Waals surface area contributed by atoms with Crippen molar-refractivity contribution >= 4 is 11.6 Å². The summed E-state index contributed by atoms with van der Waals surface area (Å²) < 4.78 is 24.8. The van der Waals surface area contributed by atoms with Gasteiger partial charge >= 0.3 is 5.76 Å². The van der Waals surface area contributed by atoms with E-state index in [1.165, 1.54) is 16.7 Å². The van der Waals surface area contributed by atoms with Gasteiger partial charge in [-0.1, -0.05) is 29.7 Å². The van der Waals surface area contributed by atoms with Crippen LogP contribution in [-0.2, 0) is 17.9 Å². The third-order valence-corrected chi connectivity index (χ3v) is 3.08. The number of hydrogen-bond acceptors (Lipinski definition) is 4. The summed E-state index contributed by atoms with van der Waals surface area (Å²) in [6.45, 7) is 2.49. The Morgan fingerprint density at radius 3 is 3.00 bits per heavy atom. The Kier molecular flexibility index (Phi) is 4.92. The lowest BCUT2D eigenvalue weighted by Gasteiger charge is -2.07. The van der Waals surface area contributed by atoms with E-state index in [1.807, 2.05) is 6.92 Å². The van der Waals surface area contributed by atoms with Gasteiger partial charge < -0.3 is 4.74 Å². The Labute approximate surface area is 119 Å². The molecule has 0 unspecified atom stereocenters. The second-order valence-electron chi connectivity index (χ2n) is 4.21. The minimum absolute atomic E-state index is 0.0254. The standard InChI is InChI=1S/C13H14ClFN2O3/c1-2-6-19-8-17-12(16-20-13(17)18)7-9-10(14)4-3-5-11(9)15/h3-5H,2,6-8H2,1H3. The molecular formula is C13H14ClFN2O3. The minimum atomic E-state index is -0.636. The summed E-state index contributed by atoms with van der Waals surface area (Å²) in [6, 6.07) is 4.40. The topological polar surface area (TPSA) is 57.3 Å². The van der Waals surface area contributed by atoms with E-state index in [2.05, 4.69) is 9.68 Å². The summed E-state index contributed by atoms with van der Waals surface area (Å²) in [4.78, 5) is 11.5. The summed E-state index contributed by atoms with van der Waals surface area (Å²) in [6.07, 6.45) is 0.890. The Morgan fingerprint density at radius 1 is 1.50 bits per heavy atom. The van der Waals surface area contributed by atoms with Crippen LogP contribution in [0.2, 0.25) is 5.02 Å². The molecule has 7 heteroatoms. The molecule has 0 atom stereocenters. The van der Waals surface area contributed by atoms with Crippen molar-refractivity contribution in [3.63, 3.8) is 0 Å². The molecule has 2 rings (SSSR count). The molecule has 1 aromatic heterocycles. The van der Waals surface area contributed by atoms with Gasteiger partial charge in [-0.05, 0) is 18.6 Å². The zero-order valence-corrected chi connectivity index (χ0v) is 11.7. The van der Waals surface area contributed by atoms with Crippen molar-refractivity contribution < 1.29 is 13.7 Å².